The average Bonchev–Trinajstić information content (AvgIpc) is 2.19. The summed E-state index contributed by atoms with van der Waals surface area (Å²) < 4.78 is 0.907. The Bertz CT molecular complexity index is 380. The fraction of sp³-hybridized carbons (Fsp3) is 0.462. The minimum absolute atomic E-state index is 0.139. The molecular formula is C13H17BrO2. The van der Waals surface area contributed by atoms with E-state index in [1.165, 1.54) is 0 Å². The molecule has 1 N–H and O–H groups in total. The minimum Gasteiger partial charge on any atom is -0.385 e. The molecule has 0 bridgehead atoms. The number of Topliss-reactive ketones (excluding diaryl/α,β-unsaturated/α-hetero) is 1. The van der Waals surface area contributed by atoms with Crippen LogP contribution in [0.25, 0.3) is 0 Å². The molecule has 1 aromatic carbocycles. The third-order valence-corrected chi connectivity index (χ3v) is 3.22. The standard InChI is InChI=1S/C13H17BrO2/c1-13(2,3)12(16)11(15)8-9-6-4-5-7-10(9)14/h4-7,12,16H,8H2,1-3H3. The van der Waals surface area contributed by atoms with E-state index in [0.717, 1.165) is 10.0 Å². The second kappa shape index (κ2) is 5.11. The van der Waals surface area contributed by atoms with Crippen LogP contribution in [-0.4, -0.2) is 17.0 Å². The van der Waals surface area contributed by atoms with Crippen molar-refractivity contribution in [3.63, 3.8) is 0 Å². The van der Waals surface area contributed by atoms with E-state index < -0.39 is 11.5 Å². The van der Waals surface area contributed by atoms with Gasteiger partial charge in [0.05, 0.1) is 0 Å². The zero-order chi connectivity index (χ0) is 12.3. The molecule has 2 nitrogen and oxygen atoms in total. The zero-order valence-electron chi connectivity index (χ0n) is 9.83. The average molecular weight is 285 g/mol. The third-order valence-electron chi connectivity index (χ3n) is 2.45. The van der Waals surface area contributed by atoms with Crippen molar-refractivity contribution < 1.29 is 9.90 Å². The number of carbonyl (C=O) groups excluding carboxylic acids is 1. The number of rotatable bonds is 3. The molecule has 0 fully saturated rings. The fourth-order valence-electron chi connectivity index (χ4n) is 1.41. The van der Waals surface area contributed by atoms with E-state index >= 15 is 0 Å². The summed E-state index contributed by atoms with van der Waals surface area (Å²) >= 11 is 3.39. The molecule has 1 rings (SSSR count). The fourth-order valence-corrected chi connectivity index (χ4v) is 1.83. The van der Waals surface area contributed by atoms with Crippen molar-refractivity contribution >= 4 is 21.7 Å². The highest BCUT2D eigenvalue weighted by atomic mass is 79.9. The van der Waals surface area contributed by atoms with Crippen LogP contribution in [0.1, 0.15) is 26.3 Å². The monoisotopic (exact) mass is 284 g/mol. The summed E-state index contributed by atoms with van der Waals surface area (Å²) in [6.45, 7) is 5.57. The van der Waals surface area contributed by atoms with Gasteiger partial charge in [0.25, 0.3) is 0 Å². The van der Waals surface area contributed by atoms with Crippen molar-refractivity contribution in [3.8, 4) is 0 Å². The molecule has 0 aromatic heterocycles. The summed E-state index contributed by atoms with van der Waals surface area (Å²) in [5, 5.41) is 9.84. The molecule has 0 aliphatic rings. The van der Waals surface area contributed by atoms with Crippen LogP contribution < -0.4 is 0 Å². The normalized spacial score (nSPS) is 13.6. The predicted octanol–water partition coefficient (Wildman–Crippen LogP) is 2.97. The summed E-state index contributed by atoms with van der Waals surface area (Å²) in [7, 11) is 0. The van der Waals surface area contributed by atoms with Crippen molar-refractivity contribution in [1.29, 1.82) is 0 Å². The van der Waals surface area contributed by atoms with Gasteiger partial charge in [-0.15, -0.1) is 0 Å². The molecule has 0 heterocycles. The zero-order valence-corrected chi connectivity index (χ0v) is 11.4. The summed E-state index contributed by atoms with van der Waals surface area (Å²) in [6, 6.07) is 7.57. The number of hydrogen-bond donors (Lipinski definition) is 1. The van der Waals surface area contributed by atoms with E-state index in [1.54, 1.807) is 0 Å². The van der Waals surface area contributed by atoms with E-state index in [-0.39, 0.29) is 12.2 Å². The number of aliphatic hydroxyl groups excluding tert-OH is 1. The molecule has 0 aliphatic heterocycles. The molecule has 1 atom stereocenters. The quantitative estimate of drug-likeness (QED) is 0.927. The van der Waals surface area contributed by atoms with Gasteiger partial charge in [-0.05, 0) is 17.0 Å². The molecule has 0 spiro atoms. The lowest BCUT2D eigenvalue weighted by molar-refractivity contribution is -0.131. The van der Waals surface area contributed by atoms with Gasteiger partial charge in [0.2, 0.25) is 0 Å². The number of aliphatic hydroxyl groups is 1. The predicted molar refractivity (Wildman–Crippen MR) is 68.3 cm³/mol. The maximum Gasteiger partial charge on any atom is 0.166 e. The van der Waals surface area contributed by atoms with E-state index in [0.29, 0.717) is 0 Å². The van der Waals surface area contributed by atoms with Crippen LogP contribution in [0.2, 0.25) is 0 Å². The number of ketones is 1. The first kappa shape index (κ1) is 13.4. The van der Waals surface area contributed by atoms with Gasteiger partial charge in [-0.1, -0.05) is 54.9 Å². The molecule has 0 aliphatic carbocycles. The van der Waals surface area contributed by atoms with Crippen LogP contribution in [0, 0.1) is 5.41 Å². The first-order chi connectivity index (χ1) is 7.32. The maximum atomic E-state index is 11.8. The van der Waals surface area contributed by atoms with Gasteiger partial charge in [-0.25, -0.2) is 0 Å². The lowest BCUT2D eigenvalue weighted by atomic mass is 9.85. The summed E-state index contributed by atoms with van der Waals surface area (Å²) in [5.74, 6) is -0.139. The number of carbonyl (C=O) groups is 1. The summed E-state index contributed by atoms with van der Waals surface area (Å²) in [6.07, 6.45) is -0.653. The van der Waals surface area contributed by atoms with Crippen LogP contribution in [0.5, 0.6) is 0 Å². The third kappa shape index (κ3) is 3.42. The molecule has 0 saturated heterocycles. The van der Waals surface area contributed by atoms with Crippen molar-refractivity contribution in [2.24, 2.45) is 5.41 Å². The number of halogens is 1. The van der Waals surface area contributed by atoms with Crippen molar-refractivity contribution in [2.75, 3.05) is 0 Å². The van der Waals surface area contributed by atoms with Gasteiger partial charge in [-0.2, -0.15) is 0 Å². The summed E-state index contributed by atoms with van der Waals surface area (Å²) in [5.41, 5.74) is 0.508. The highest BCUT2D eigenvalue weighted by Gasteiger charge is 2.28. The number of benzene rings is 1. The first-order valence-corrected chi connectivity index (χ1v) is 6.06. The Morgan fingerprint density at radius 1 is 1.38 bits per heavy atom. The Labute approximate surface area is 105 Å². The highest BCUT2D eigenvalue weighted by Crippen LogP contribution is 2.23. The highest BCUT2D eigenvalue weighted by molar-refractivity contribution is 9.10. The maximum absolute atomic E-state index is 11.8. The molecular weight excluding hydrogens is 268 g/mol. The van der Waals surface area contributed by atoms with E-state index in [1.807, 2.05) is 45.0 Å². The Balaban J connectivity index is 2.76. The second-order valence-corrected chi connectivity index (χ2v) is 5.86. The van der Waals surface area contributed by atoms with Gasteiger partial charge >= 0.3 is 0 Å². The molecule has 1 aromatic rings. The lowest BCUT2D eigenvalue weighted by Crippen LogP contribution is -2.35. The van der Waals surface area contributed by atoms with Crippen LogP contribution in [0.15, 0.2) is 28.7 Å². The van der Waals surface area contributed by atoms with Crippen molar-refractivity contribution in [2.45, 2.75) is 33.3 Å². The van der Waals surface area contributed by atoms with Crippen LogP contribution in [0.4, 0.5) is 0 Å². The lowest BCUT2D eigenvalue weighted by Gasteiger charge is -2.24. The van der Waals surface area contributed by atoms with Gasteiger partial charge in [0, 0.05) is 10.9 Å². The Morgan fingerprint density at radius 3 is 2.44 bits per heavy atom. The molecule has 88 valence electrons. The molecule has 0 radical (unpaired) electrons. The topological polar surface area (TPSA) is 37.3 Å². The smallest absolute Gasteiger partial charge is 0.166 e. The van der Waals surface area contributed by atoms with E-state index in [9.17, 15) is 9.90 Å². The van der Waals surface area contributed by atoms with Gasteiger partial charge in [0.15, 0.2) is 5.78 Å². The van der Waals surface area contributed by atoms with Crippen LogP contribution in [0.3, 0.4) is 0 Å². The number of hydrogen-bond acceptors (Lipinski definition) is 2. The van der Waals surface area contributed by atoms with Crippen LogP contribution in [-0.2, 0) is 11.2 Å². The molecule has 1 unspecified atom stereocenters. The van der Waals surface area contributed by atoms with Gasteiger partial charge in [0.1, 0.15) is 6.10 Å². The van der Waals surface area contributed by atoms with Crippen molar-refractivity contribution in [3.05, 3.63) is 34.3 Å². The first-order valence-electron chi connectivity index (χ1n) is 5.26. The Kier molecular flexibility index (Phi) is 4.28. The van der Waals surface area contributed by atoms with E-state index in [4.69, 9.17) is 0 Å². The molecule has 0 amide bonds. The second-order valence-electron chi connectivity index (χ2n) is 5.00. The van der Waals surface area contributed by atoms with Crippen LogP contribution >= 0.6 is 15.9 Å². The summed E-state index contributed by atoms with van der Waals surface area (Å²) in [4.78, 5) is 11.8. The van der Waals surface area contributed by atoms with Gasteiger partial charge in [-0.3, -0.25) is 4.79 Å². The van der Waals surface area contributed by atoms with Crippen molar-refractivity contribution in [1.82, 2.24) is 0 Å². The minimum atomic E-state index is -0.917. The largest absolute Gasteiger partial charge is 0.385 e. The SMILES string of the molecule is CC(C)(C)C(O)C(=O)Cc1ccccc1Br. The molecule has 16 heavy (non-hydrogen) atoms. The molecule has 0 saturated carbocycles. The Morgan fingerprint density at radius 2 is 1.94 bits per heavy atom. The molecule has 3 heteroatoms. The Hall–Kier alpha value is -0.670. The van der Waals surface area contributed by atoms with Gasteiger partial charge < -0.3 is 5.11 Å². The van der Waals surface area contributed by atoms with E-state index in [2.05, 4.69) is 15.9 Å².